The maximum Gasteiger partial charge on any atom is 0.319 e. The molecule has 0 radical (unpaired) electrons. The average molecular weight is 365 g/mol. The summed E-state index contributed by atoms with van der Waals surface area (Å²) in [6.45, 7) is 3.26. The van der Waals surface area contributed by atoms with Crippen molar-refractivity contribution in [3.63, 3.8) is 0 Å². The van der Waals surface area contributed by atoms with Gasteiger partial charge < -0.3 is 14.4 Å². The lowest BCUT2D eigenvalue weighted by molar-refractivity contribution is 0.0996. The van der Waals surface area contributed by atoms with Crippen molar-refractivity contribution < 1.29 is 14.3 Å². The minimum Gasteiger partial charge on any atom is -0.480 e. The van der Waals surface area contributed by atoms with Crippen molar-refractivity contribution in [2.45, 2.75) is 20.0 Å². The summed E-state index contributed by atoms with van der Waals surface area (Å²) < 4.78 is 12.2. The standard InChI is InChI=1S/C19H19N5O3/c1-4-23-11-14(8-21-23)24-10-13-7-12(5-6-15(13)18(24)25)16-9-20-19(27-3)22-17(16)26-2/h5-9,11H,4,10H2,1-3H3. The van der Waals surface area contributed by atoms with Gasteiger partial charge in [-0.05, 0) is 30.2 Å². The maximum absolute atomic E-state index is 12.8. The maximum atomic E-state index is 12.8. The van der Waals surface area contributed by atoms with Gasteiger partial charge in [0.25, 0.3) is 5.91 Å². The lowest BCUT2D eigenvalue weighted by Crippen LogP contribution is -2.22. The monoisotopic (exact) mass is 365 g/mol. The van der Waals surface area contributed by atoms with E-state index in [-0.39, 0.29) is 11.9 Å². The van der Waals surface area contributed by atoms with Gasteiger partial charge in [-0.15, -0.1) is 0 Å². The van der Waals surface area contributed by atoms with E-state index in [0.29, 0.717) is 18.0 Å². The molecule has 1 amide bonds. The number of amides is 1. The summed E-state index contributed by atoms with van der Waals surface area (Å²) in [7, 11) is 3.06. The minimum atomic E-state index is -0.0230. The summed E-state index contributed by atoms with van der Waals surface area (Å²) in [5.41, 5.74) is 4.05. The zero-order chi connectivity index (χ0) is 19.0. The minimum absolute atomic E-state index is 0.0230. The summed E-state index contributed by atoms with van der Waals surface area (Å²) in [4.78, 5) is 22.9. The Morgan fingerprint density at radius 3 is 2.70 bits per heavy atom. The van der Waals surface area contributed by atoms with Crippen LogP contribution < -0.4 is 14.4 Å². The number of methoxy groups -OCH3 is 2. The van der Waals surface area contributed by atoms with Gasteiger partial charge in [0.05, 0.1) is 38.2 Å². The fraction of sp³-hybridized carbons (Fsp3) is 0.263. The third-order valence-corrected chi connectivity index (χ3v) is 4.58. The van der Waals surface area contributed by atoms with E-state index in [2.05, 4.69) is 15.1 Å². The van der Waals surface area contributed by atoms with Gasteiger partial charge in [0, 0.05) is 24.5 Å². The van der Waals surface area contributed by atoms with Gasteiger partial charge in [-0.25, -0.2) is 4.98 Å². The molecule has 27 heavy (non-hydrogen) atoms. The quantitative estimate of drug-likeness (QED) is 0.691. The number of carbonyl (C=O) groups is 1. The van der Waals surface area contributed by atoms with Crippen molar-refractivity contribution in [1.29, 1.82) is 0 Å². The Balaban J connectivity index is 1.69. The van der Waals surface area contributed by atoms with E-state index in [1.54, 1.807) is 29.1 Å². The average Bonchev–Trinajstić information content (AvgIpc) is 3.31. The molecule has 1 aliphatic heterocycles. The molecule has 3 heterocycles. The van der Waals surface area contributed by atoms with Crippen LogP contribution in [-0.4, -0.2) is 39.9 Å². The zero-order valence-corrected chi connectivity index (χ0v) is 15.3. The Bertz CT molecular complexity index is 1010. The highest BCUT2D eigenvalue weighted by Gasteiger charge is 2.29. The van der Waals surface area contributed by atoms with Gasteiger partial charge in [-0.1, -0.05) is 6.07 Å². The molecule has 0 spiro atoms. The number of nitrogens with zero attached hydrogens (tertiary/aromatic N) is 5. The van der Waals surface area contributed by atoms with E-state index in [9.17, 15) is 4.79 Å². The van der Waals surface area contributed by atoms with Gasteiger partial charge in [0.2, 0.25) is 5.88 Å². The number of aromatic nitrogens is 4. The summed E-state index contributed by atoms with van der Waals surface area (Å²) in [5, 5.41) is 4.26. The van der Waals surface area contributed by atoms with Gasteiger partial charge >= 0.3 is 6.01 Å². The van der Waals surface area contributed by atoms with Gasteiger partial charge in [-0.2, -0.15) is 10.1 Å². The first kappa shape index (κ1) is 17.0. The van der Waals surface area contributed by atoms with Crippen molar-refractivity contribution in [2.75, 3.05) is 19.1 Å². The molecule has 0 saturated heterocycles. The number of anilines is 1. The second-order valence-corrected chi connectivity index (χ2v) is 6.10. The Hall–Kier alpha value is -3.42. The van der Waals surface area contributed by atoms with Crippen molar-refractivity contribution in [3.8, 4) is 23.0 Å². The van der Waals surface area contributed by atoms with E-state index in [0.717, 1.165) is 28.9 Å². The van der Waals surface area contributed by atoms with Crippen LogP contribution in [0.15, 0.2) is 36.8 Å². The van der Waals surface area contributed by atoms with E-state index in [1.165, 1.54) is 7.11 Å². The molecule has 1 aliphatic rings. The Labute approximate surface area is 156 Å². The number of hydrogen-bond donors (Lipinski definition) is 0. The smallest absolute Gasteiger partial charge is 0.319 e. The first-order valence-corrected chi connectivity index (χ1v) is 8.57. The van der Waals surface area contributed by atoms with E-state index < -0.39 is 0 Å². The normalized spacial score (nSPS) is 13.0. The van der Waals surface area contributed by atoms with E-state index in [1.807, 2.05) is 31.3 Å². The molecule has 138 valence electrons. The van der Waals surface area contributed by atoms with Crippen LogP contribution in [0.25, 0.3) is 11.1 Å². The predicted octanol–water partition coefficient (Wildman–Crippen LogP) is 2.54. The van der Waals surface area contributed by atoms with Gasteiger partial charge in [-0.3, -0.25) is 9.48 Å². The zero-order valence-electron chi connectivity index (χ0n) is 15.3. The van der Waals surface area contributed by atoms with Gasteiger partial charge in [0.1, 0.15) is 0 Å². The molecule has 0 N–H and O–H groups in total. The largest absolute Gasteiger partial charge is 0.480 e. The summed E-state index contributed by atoms with van der Waals surface area (Å²) >= 11 is 0. The number of fused-ring (bicyclic) bond motifs is 1. The first-order chi connectivity index (χ1) is 13.1. The van der Waals surface area contributed by atoms with Crippen LogP contribution in [0.5, 0.6) is 11.9 Å². The van der Waals surface area contributed by atoms with Crippen molar-refractivity contribution >= 4 is 11.6 Å². The molecule has 0 aliphatic carbocycles. The highest BCUT2D eigenvalue weighted by atomic mass is 16.5. The van der Waals surface area contributed by atoms with Crippen LogP contribution in [0, 0.1) is 0 Å². The molecule has 0 fully saturated rings. The van der Waals surface area contributed by atoms with Crippen LogP contribution in [0.3, 0.4) is 0 Å². The first-order valence-electron chi connectivity index (χ1n) is 8.57. The third-order valence-electron chi connectivity index (χ3n) is 4.58. The van der Waals surface area contributed by atoms with Crippen molar-refractivity contribution in [3.05, 3.63) is 47.9 Å². The molecule has 0 saturated carbocycles. The lowest BCUT2D eigenvalue weighted by atomic mass is 10.0. The fourth-order valence-electron chi connectivity index (χ4n) is 3.16. The SMILES string of the molecule is CCn1cc(N2Cc3cc(-c4cnc(OC)nc4OC)ccc3C2=O)cn1. The number of carbonyl (C=O) groups excluding carboxylic acids is 1. The molecule has 8 nitrogen and oxygen atoms in total. The Morgan fingerprint density at radius 1 is 1.15 bits per heavy atom. The van der Waals surface area contributed by atoms with Crippen LogP contribution in [0.2, 0.25) is 0 Å². The molecular weight excluding hydrogens is 346 g/mol. The van der Waals surface area contributed by atoms with Crippen LogP contribution in [-0.2, 0) is 13.1 Å². The molecule has 3 aromatic rings. The predicted molar refractivity (Wildman–Crippen MR) is 99.0 cm³/mol. The second kappa shape index (κ2) is 6.71. The van der Waals surface area contributed by atoms with Crippen molar-refractivity contribution in [2.24, 2.45) is 0 Å². The molecular formula is C19H19N5O3. The number of hydrogen-bond acceptors (Lipinski definition) is 6. The topological polar surface area (TPSA) is 82.4 Å². The number of aryl methyl sites for hydroxylation is 1. The molecule has 4 rings (SSSR count). The molecule has 0 unspecified atom stereocenters. The Kier molecular flexibility index (Phi) is 4.23. The lowest BCUT2D eigenvalue weighted by Gasteiger charge is -2.12. The summed E-state index contributed by atoms with van der Waals surface area (Å²) in [6, 6.07) is 5.93. The third kappa shape index (κ3) is 2.88. The fourth-order valence-corrected chi connectivity index (χ4v) is 3.16. The van der Waals surface area contributed by atoms with E-state index >= 15 is 0 Å². The number of rotatable bonds is 5. The molecule has 2 aromatic heterocycles. The number of ether oxygens (including phenoxy) is 2. The molecule has 0 bridgehead atoms. The highest BCUT2D eigenvalue weighted by Crippen LogP contribution is 2.34. The summed E-state index contributed by atoms with van der Waals surface area (Å²) in [6.07, 6.45) is 5.26. The van der Waals surface area contributed by atoms with E-state index in [4.69, 9.17) is 9.47 Å². The van der Waals surface area contributed by atoms with Crippen LogP contribution in [0.4, 0.5) is 5.69 Å². The Morgan fingerprint density at radius 2 is 2.00 bits per heavy atom. The van der Waals surface area contributed by atoms with Crippen molar-refractivity contribution in [1.82, 2.24) is 19.7 Å². The van der Waals surface area contributed by atoms with Crippen LogP contribution >= 0.6 is 0 Å². The number of benzene rings is 1. The summed E-state index contributed by atoms with van der Waals surface area (Å²) in [5.74, 6) is 0.400. The molecule has 8 heteroatoms. The van der Waals surface area contributed by atoms with Crippen LogP contribution in [0.1, 0.15) is 22.8 Å². The highest BCUT2D eigenvalue weighted by molar-refractivity contribution is 6.10. The second-order valence-electron chi connectivity index (χ2n) is 6.10. The molecule has 0 atom stereocenters. The van der Waals surface area contributed by atoms with Gasteiger partial charge in [0.15, 0.2) is 0 Å². The molecule has 1 aromatic carbocycles.